The van der Waals surface area contributed by atoms with Gasteiger partial charge in [-0.2, -0.15) is 0 Å². The maximum atomic E-state index is 13.3. The Morgan fingerprint density at radius 3 is 2.72 bits per heavy atom. The van der Waals surface area contributed by atoms with Crippen molar-refractivity contribution in [3.63, 3.8) is 0 Å². The number of nitro groups is 1. The molecule has 0 saturated carbocycles. The molecule has 2 aromatic rings. The highest BCUT2D eigenvalue weighted by Crippen LogP contribution is 2.19. The number of nitrogens with zero attached hydrogens (tertiary/aromatic N) is 3. The summed E-state index contributed by atoms with van der Waals surface area (Å²) in [5, 5.41) is 11.1. The smallest absolute Gasteiger partial charge is 0.270 e. The van der Waals surface area contributed by atoms with E-state index in [9.17, 15) is 19.7 Å². The lowest BCUT2D eigenvalue weighted by atomic mass is 10.1. The SMILES string of the molecule is CCC(C)N(CC(=O)N(Cc1ccco1)CC1CCCO1)C(=O)c1cccc([N+](=O)[O-])c1. The maximum absolute atomic E-state index is 13.3. The quantitative estimate of drug-likeness (QED) is 0.410. The molecular weight excluding hydrogens is 414 g/mol. The number of nitro benzene ring substituents is 1. The van der Waals surface area contributed by atoms with E-state index >= 15 is 0 Å². The number of hydrogen-bond acceptors (Lipinski definition) is 6. The molecule has 2 heterocycles. The fraction of sp³-hybridized carbons (Fsp3) is 0.478. The van der Waals surface area contributed by atoms with E-state index in [1.165, 1.54) is 29.2 Å². The van der Waals surface area contributed by atoms with Crippen LogP contribution in [0, 0.1) is 10.1 Å². The van der Waals surface area contributed by atoms with Gasteiger partial charge in [0, 0.05) is 36.9 Å². The number of amides is 2. The number of non-ortho nitro benzene ring substituents is 1. The summed E-state index contributed by atoms with van der Waals surface area (Å²) in [6.07, 6.45) is 3.99. The molecular formula is C23H29N3O6. The monoisotopic (exact) mass is 443 g/mol. The number of carbonyl (C=O) groups excluding carboxylic acids is 2. The molecule has 0 aliphatic carbocycles. The van der Waals surface area contributed by atoms with Crippen molar-refractivity contribution in [3.05, 3.63) is 64.1 Å². The van der Waals surface area contributed by atoms with Crippen LogP contribution in [0.25, 0.3) is 0 Å². The van der Waals surface area contributed by atoms with E-state index in [2.05, 4.69) is 0 Å². The fourth-order valence-corrected chi connectivity index (χ4v) is 3.69. The zero-order chi connectivity index (χ0) is 23.1. The first-order valence-electron chi connectivity index (χ1n) is 10.9. The summed E-state index contributed by atoms with van der Waals surface area (Å²) in [6.45, 7) is 5.03. The van der Waals surface area contributed by atoms with Gasteiger partial charge in [-0.3, -0.25) is 19.7 Å². The summed E-state index contributed by atoms with van der Waals surface area (Å²) in [7, 11) is 0. The van der Waals surface area contributed by atoms with Gasteiger partial charge in [0.2, 0.25) is 5.91 Å². The molecule has 2 amide bonds. The first-order valence-corrected chi connectivity index (χ1v) is 10.9. The topological polar surface area (TPSA) is 106 Å². The number of benzene rings is 1. The van der Waals surface area contributed by atoms with Gasteiger partial charge < -0.3 is 19.0 Å². The lowest BCUT2D eigenvalue weighted by molar-refractivity contribution is -0.384. The Balaban J connectivity index is 1.79. The summed E-state index contributed by atoms with van der Waals surface area (Å²) in [4.78, 5) is 40.3. The summed E-state index contributed by atoms with van der Waals surface area (Å²) >= 11 is 0. The Morgan fingerprint density at radius 2 is 2.09 bits per heavy atom. The number of rotatable bonds is 10. The van der Waals surface area contributed by atoms with Crippen LogP contribution in [-0.4, -0.2) is 58.4 Å². The van der Waals surface area contributed by atoms with E-state index in [1.54, 1.807) is 23.3 Å². The number of carbonyl (C=O) groups is 2. The molecule has 1 aliphatic heterocycles. The molecule has 1 fully saturated rings. The molecule has 0 radical (unpaired) electrons. The van der Waals surface area contributed by atoms with Crippen LogP contribution >= 0.6 is 0 Å². The van der Waals surface area contributed by atoms with Crippen LogP contribution in [0.1, 0.15) is 49.2 Å². The summed E-state index contributed by atoms with van der Waals surface area (Å²) in [5.74, 6) is 0.0129. The Hall–Kier alpha value is -3.20. The molecule has 9 nitrogen and oxygen atoms in total. The highest BCUT2D eigenvalue weighted by molar-refractivity contribution is 5.97. The molecule has 1 aromatic carbocycles. The Bertz CT molecular complexity index is 924. The van der Waals surface area contributed by atoms with Crippen molar-refractivity contribution in [3.8, 4) is 0 Å². The van der Waals surface area contributed by atoms with Gasteiger partial charge >= 0.3 is 0 Å². The highest BCUT2D eigenvalue weighted by atomic mass is 16.6. The van der Waals surface area contributed by atoms with E-state index < -0.39 is 10.8 Å². The lowest BCUT2D eigenvalue weighted by Crippen LogP contribution is -2.47. The van der Waals surface area contributed by atoms with Crippen LogP contribution in [0.2, 0.25) is 0 Å². The molecule has 32 heavy (non-hydrogen) atoms. The van der Waals surface area contributed by atoms with E-state index in [0.717, 1.165) is 12.8 Å². The van der Waals surface area contributed by atoms with Crippen molar-refractivity contribution >= 4 is 17.5 Å². The first kappa shape index (κ1) is 23.5. The second-order valence-electron chi connectivity index (χ2n) is 7.99. The predicted molar refractivity (Wildman–Crippen MR) is 117 cm³/mol. The van der Waals surface area contributed by atoms with Crippen LogP contribution in [0.3, 0.4) is 0 Å². The van der Waals surface area contributed by atoms with Gasteiger partial charge in [-0.05, 0) is 44.4 Å². The average molecular weight is 444 g/mol. The number of ether oxygens (including phenoxy) is 1. The zero-order valence-corrected chi connectivity index (χ0v) is 18.4. The van der Waals surface area contributed by atoms with Crippen LogP contribution in [0.15, 0.2) is 47.1 Å². The Labute approximate surface area is 187 Å². The van der Waals surface area contributed by atoms with Crippen LogP contribution < -0.4 is 0 Å². The molecule has 9 heteroatoms. The minimum Gasteiger partial charge on any atom is -0.467 e. The van der Waals surface area contributed by atoms with Crippen molar-refractivity contribution in [1.82, 2.24) is 9.80 Å². The molecule has 0 spiro atoms. The molecule has 1 saturated heterocycles. The summed E-state index contributed by atoms with van der Waals surface area (Å²) in [6, 6.07) is 8.93. The minimum atomic E-state index is -0.539. The predicted octanol–water partition coefficient (Wildman–Crippen LogP) is 3.64. The van der Waals surface area contributed by atoms with Gasteiger partial charge in [-0.15, -0.1) is 0 Å². The third-order valence-electron chi connectivity index (χ3n) is 5.72. The van der Waals surface area contributed by atoms with E-state index in [4.69, 9.17) is 9.15 Å². The third-order valence-corrected chi connectivity index (χ3v) is 5.72. The van der Waals surface area contributed by atoms with Crippen molar-refractivity contribution in [2.45, 2.75) is 51.8 Å². The van der Waals surface area contributed by atoms with E-state index in [1.807, 2.05) is 13.8 Å². The largest absolute Gasteiger partial charge is 0.467 e. The normalized spacial score (nSPS) is 16.5. The molecule has 172 valence electrons. The van der Waals surface area contributed by atoms with Gasteiger partial charge in [0.25, 0.3) is 11.6 Å². The minimum absolute atomic E-state index is 0.0431. The van der Waals surface area contributed by atoms with Crippen molar-refractivity contribution < 1.29 is 23.7 Å². The first-order chi connectivity index (χ1) is 15.4. The van der Waals surface area contributed by atoms with Gasteiger partial charge in [0.05, 0.1) is 23.8 Å². The number of furan rings is 1. The summed E-state index contributed by atoms with van der Waals surface area (Å²) < 4.78 is 11.1. The molecule has 1 aliphatic rings. The second kappa shape index (κ2) is 10.9. The molecule has 2 atom stereocenters. The fourth-order valence-electron chi connectivity index (χ4n) is 3.69. The Morgan fingerprint density at radius 1 is 1.28 bits per heavy atom. The maximum Gasteiger partial charge on any atom is 0.270 e. The van der Waals surface area contributed by atoms with E-state index in [-0.39, 0.29) is 42.4 Å². The van der Waals surface area contributed by atoms with Crippen LogP contribution in [0.5, 0.6) is 0 Å². The molecule has 0 bridgehead atoms. The van der Waals surface area contributed by atoms with Crippen molar-refractivity contribution in [1.29, 1.82) is 0 Å². The molecule has 1 aromatic heterocycles. The standard InChI is InChI=1S/C23H29N3O6/c1-3-17(2)25(23(28)18-7-4-8-19(13-18)26(29)30)16-22(27)24(14-20-9-5-11-31-20)15-21-10-6-12-32-21/h4-5,7-9,11,13,17,21H,3,6,10,12,14-16H2,1-2H3. The molecule has 0 N–H and O–H groups in total. The average Bonchev–Trinajstić information content (AvgIpc) is 3.50. The van der Waals surface area contributed by atoms with Crippen molar-refractivity contribution in [2.24, 2.45) is 0 Å². The van der Waals surface area contributed by atoms with Gasteiger partial charge in [-0.25, -0.2) is 0 Å². The zero-order valence-electron chi connectivity index (χ0n) is 18.4. The van der Waals surface area contributed by atoms with Gasteiger partial charge in [-0.1, -0.05) is 13.0 Å². The van der Waals surface area contributed by atoms with Gasteiger partial charge in [0.1, 0.15) is 12.3 Å². The third kappa shape index (κ3) is 5.94. The second-order valence-corrected chi connectivity index (χ2v) is 7.99. The molecule has 2 unspecified atom stereocenters. The summed E-state index contributed by atoms with van der Waals surface area (Å²) in [5.41, 5.74) is 0.0214. The molecule has 3 rings (SSSR count). The highest BCUT2D eigenvalue weighted by Gasteiger charge is 2.29. The van der Waals surface area contributed by atoms with Crippen LogP contribution in [-0.2, 0) is 16.1 Å². The van der Waals surface area contributed by atoms with E-state index in [0.29, 0.717) is 25.3 Å². The Kier molecular flexibility index (Phi) is 7.99. The van der Waals surface area contributed by atoms with Crippen molar-refractivity contribution in [2.75, 3.05) is 19.7 Å². The number of hydrogen-bond donors (Lipinski definition) is 0. The lowest BCUT2D eigenvalue weighted by Gasteiger charge is -2.32. The van der Waals surface area contributed by atoms with Crippen LogP contribution in [0.4, 0.5) is 5.69 Å². The van der Waals surface area contributed by atoms with Gasteiger partial charge in [0.15, 0.2) is 0 Å².